The van der Waals surface area contributed by atoms with E-state index in [0.717, 1.165) is 25.7 Å². The SMILES string of the molecule is CCC[C@]12C[C@]3(O)C[C@H](C)O[C@@H]3[C@@]1(O)C2. The number of fused-ring (bicyclic) bond motifs is 3. The summed E-state index contributed by atoms with van der Waals surface area (Å²) in [6.45, 7) is 4.11. The van der Waals surface area contributed by atoms with Crippen LogP contribution in [0.5, 0.6) is 0 Å². The van der Waals surface area contributed by atoms with Crippen LogP contribution in [-0.4, -0.2) is 33.6 Å². The van der Waals surface area contributed by atoms with Gasteiger partial charge in [0, 0.05) is 11.8 Å². The van der Waals surface area contributed by atoms with Crippen molar-refractivity contribution in [2.75, 3.05) is 0 Å². The first kappa shape index (κ1) is 10.1. The first-order chi connectivity index (χ1) is 6.96. The van der Waals surface area contributed by atoms with E-state index >= 15 is 0 Å². The van der Waals surface area contributed by atoms with Gasteiger partial charge in [-0.3, -0.25) is 0 Å². The molecule has 3 fully saturated rings. The molecular formula is C12H20O3. The molecular weight excluding hydrogens is 192 g/mol. The Balaban J connectivity index is 1.89. The van der Waals surface area contributed by atoms with E-state index in [2.05, 4.69) is 6.92 Å². The van der Waals surface area contributed by atoms with Crippen LogP contribution in [0.1, 0.15) is 46.0 Å². The van der Waals surface area contributed by atoms with Gasteiger partial charge in [0.1, 0.15) is 11.7 Å². The van der Waals surface area contributed by atoms with E-state index in [0.29, 0.717) is 6.42 Å². The quantitative estimate of drug-likeness (QED) is 0.723. The van der Waals surface area contributed by atoms with Crippen LogP contribution in [0.4, 0.5) is 0 Å². The zero-order valence-electron chi connectivity index (χ0n) is 9.49. The van der Waals surface area contributed by atoms with Gasteiger partial charge in [0.15, 0.2) is 0 Å². The van der Waals surface area contributed by atoms with Crippen molar-refractivity contribution >= 4 is 0 Å². The highest BCUT2D eigenvalue weighted by molar-refractivity contribution is 5.32. The van der Waals surface area contributed by atoms with Crippen molar-refractivity contribution in [1.82, 2.24) is 0 Å². The van der Waals surface area contributed by atoms with E-state index in [1.807, 2.05) is 6.92 Å². The molecule has 2 aliphatic carbocycles. The number of aliphatic hydroxyl groups is 2. The predicted molar refractivity (Wildman–Crippen MR) is 55.4 cm³/mol. The van der Waals surface area contributed by atoms with Crippen molar-refractivity contribution in [3.8, 4) is 0 Å². The third-order valence-corrected chi connectivity index (χ3v) is 4.71. The Morgan fingerprint density at radius 1 is 1.33 bits per heavy atom. The molecule has 15 heavy (non-hydrogen) atoms. The molecule has 1 heterocycles. The Labute approximate surface area is 90.4 Å². The lowest BCUT2D eigenvalue weighted by Crippen LogP contribution is -2.42. The Morgan fingerprint density at radius 2 is 2.07 bits per heavy atom. The van der Waals surface area contributed by atoms with Crippen molar-refractivity contribution in [2.45, 2.75) is 69.4 Å². The average molecular weight is 212 g/mol. The first-order valence-electron chi connectivity index (χ1n) is 6.06. The van der Waals surface area contributed by atoms with Crippen LogP contribution in [-0.2, 0) is 4.74 Å². The number of rotatable bonds is 2. The second-order valence-corrected chi connectivity index (χ2v) is 5.94. The summed E-state index contributed by atoms with van der Waals surface area (Å²) in [6.07, 6.45) is 4.09. The minimum Gasteiger partial charge on any atom is -0.387 e. The summed E-state index contributed by atoms with van der Waals surface area (Å²) in [5.74, 6) is 0. The average Bonchev–Trinajstić information content (AvgIpc) is 2.42. The number of hydrogen-bond donors (Lipinski definition) is 2. The molecule has 1 aliphatic heterocycles. The molecule has 3 heteroatoms. The highest BCUT2D eigenvalue weighted by atomic mass is 16.5. The van der Waals surface area contributed by atoms with E-state index in [1.54, 1.807) is 0 Å². The van der Waals surface area contributed by atoms with Crippen LogP contribution in [0.3, 0.4) is 0 Å². The van der Waals surface area contributed by atoms with Gasteiger partial charge in [0.2, 0.25) is 0 Å². The third kappa shape index (κ3) is 1.02. The van der Waals surface area contributed by atoms with Gasteiger partial charge in [0.05, 0.1) is 11.7 Å². The van der Waals surface area contributed by atoms with Crippen molar-refractivity contribution in [3.63, 3.8) is 0 Å². The van der Waals surface area contributed by atoms with Gasteiger partial charge >= 0.3 is 0 Å². The second kappa shape index (κ2) is 2.58. The van der Waals surface area contributed by atoms with Crippen molar-refractivity contribution in [1.29, 1.82) is 0 Å². The molecule has 0 aromatic heterocycles. The molecule has 2 N–H and O–H groups in total. The molecule has 0 bridgehead atoms. The maximum atomic E-state index is 10.5. The molecule has 3 rings (SSSR count). The van der Waals surface area contributed by atoms with Gasteiger partial charge < -0.3 is 14.9 Å². The van der Waals surface area contributed by atoms with E-state index in [4.69, 9.17) is 4.74 Å². The van der Waals surface area contributed by atoms with Crippen LogP contribution in [0, 0.1) is 5.41 Å². The van der Waals surface area contributed by atoms with Crippen molar-refractivity contribution in [3.05, 3.63) is 0 Å². The summed E-state index contributed by atoms with van der Waals surface area (Å²) in [5, 5.41) is 21.0. The largest absolute Gasteiger partial charge is 0.387 e. The molecule has 0 unspecified atom stereocenters. The molecule has 0 aromatic carbocycles. The van der Waals surface area contributed by atoms with Gasteiger partial charge in [-0.25, -0.2) is 0 Å². The summed E-state index contributed by atoms with van der Waals surface area (Å²) >= 11 is 0. The summed E-state index contributed by atoms with van der Waals surface area (Å²) in [7, 11) is 0. The van der Waals surface area contributed by atoms with Gasteiger partial charge in [-0.15, -0.1) is 0 Å². The second-order valence-electron chi connectivity index (χ2n) is 5.94. The fourth-order valence-corrected chi connectivity index (χ4v) is 4.25. The zero-order valence-corrected chi connectivity index (χ0v) is 9.49. The molecule has 3 nitrogen and oxygen atoms in total. The zero-order chi connectivity index (χ0) is 10.9. The minimum atomic E-state index is -0.748. The van der Waals surface area contributed by atoms with Crippen LogP contribution < -0.4 is 0 Å². The monoisotopic (exact) mass is 212 g/mol. The lowest BCUT2D eigenvalue weighted by molar-refractivity contribution is -0.0946. The highest BCUT2D eigenvalue weighted by Gasteiger charge is 2.82. The van der Waals surface area contributed by atoms with E-state index < -0.39 is 11.2 Å². The molecule has 5 atom stereocenters. The highest BCUT2D eigenvalue weighted by Crippen LogP contribution is 2.74. The summed E-state index contributed by atoms with van der Waals surface area (Å²) < 4.78 is 5.72. The number of ether oxygens (including phenoxy) is 1. The van der Waals surface area contributed by atoms with Crippen LogP contribution in [0.15, 0.2) is 0 Å². The molecule has 0 amide bonds. The standard InChI is InChI=1S/C12H20O3/c1-3-4-10-6-11(13)5-8(2)15-9(11)12(10,14)7-10/h8-9,13-14H,3-7H2,1-2H3/t8-,9-,10+,11+,12-/m0/s1. The summed E-state index contributed by atoms with van der Waals surface area (Å²) in [5.41, 5.74) is -1.49. The first-order valence-corrected chi connectivity index (χ1v) is 6.06. The molecule has 86 valence electrons. The molecule has 0 radical (unpaired) electrons. The normalized spacial score (nSPS) is 61.6. The van der Waals surface area contributed by atoms with E-state index in [9.17, 15) is 10.2 Å². The maximum Gasteiger partial charge on any atom is 0.116 e. The third-order valence-electron chi connectivity index (χ3n) is 4.71. The van der Waals surface area contributed by atoms with Gasteiger partial charge in [-0.1, -0.05) is 13.3 Å². The molecule has 2 saturated carbocycles. The predicted octanol–water partition coefficient (Wildman–Crippen LogP) is 1.22. The molecule has 0 aromatic rings. The Kier molecular flexibility index (Phi) is 1.73. The Hall–Kier alpha value is -0.120. The van der Waals surface area contributed by atoms with Crippen molar-refractivity contribution in [2.24, 2.45) is 5.41 Å². The molecule has 3 aliphatic rings. The van der Waals surface area contributed by atoms with E-state index in [-0.39, 0.29) is 17.6 Å². The fourth-order valence-electron chi connectivity index (χ4n) is 4.25. The van der Waals surface area contributed by atoms with E-state index in [1.165, 1.54) is 0 Å². The van der Waals surface area contributed by atoms with Crippen LogP contribution in [0.2, 0.25) is 0 Å². The summed E-state index contributed by atoms with van der Waals surface area (Å²) in [6, 6.07) is 0. The van der Waals surface area contributed by atoms with Gasteiger partial charge in [-0.2, -0.15) is 0 Å². The van der Waals surface area contributed by atoms with Crippen LogP contribution >= 0.6 is 0 Å². The van der Waals surface area contributed by atoms with Crippen molar-refractivity contribution < 1.29 is 14.9 Å². The number of hydrogen-bond acceptors (Lipinski definition) is 3. The fraction of sp³-hybridized carbons (Fsp3) is 1.00. The minimum absolute atomic E-state index is 0.0265. The Bertz CT molecular complexity index is 305. The maximum absolute atomic E-state index is 10.5. The lowest BCUT2D eigenvalue weighted by atomic mass is 9.87. The van der Waals surface area contributed by atoms with Crippen LogP contribution in [0.25, 0.3) is 0 Å². The summed E-state index contributed by atoms with van der Waals surface area (Å²) in [4.78, 5) is 0. The lowest BCUT2D eigenvalue weighted by Gasteiger charge is -2.25. The van der Waals surface area contributed by atoms with Gasteiger partial charge in [0.25, 0.3) is 0 Å². The van der Waals surface area contributed by atoms with Gasteiger partial charge in [-0.05, 0) is 26.2 Å². The topological polar surface area (TPSA) is 49.7 Å². The Morgan fingerprint density at radius 3 is 2.67 bits per heavy atom. The molecule has 0 spiro atoms. The molecule has 1 saturated heterocycles. The smallest absolute Gasteiger partial charge is 0.116 e.